The molecule has 6 N–H and O–H groups in total. The molecule has 0 bridgehead atoms. The summed E-state index contributed by atoms with van der Waals surface area (Å²) in [6, 6.07) is 22.8. The van der Waals surface area contributed by atoms with E-state index >= 15 is 0 Å². The number of nitrogens with one attached hydrogen (secondary N) is 4. The number of carbonyl (C=O) groups excluding carboxylic acids is 4. The molecule has 0 saturated carbocycles. The SMILES string of the molecule is CC(C)[C@H](NC(=O)c1ccc(-c2ccc([N+](=O)[O-])cc2[N+](=O)[O-])o1)C(=O)N[C@@H](Cc1ccccc1)[C@@H](O)[C@H](O)[C@H](Cc1ccccc1)NC(=O)[C@@H](NC(=O)c1ccc(-c2ccc([N+](=O)[O-])cc2[N+](=O)[O-])o1)C(C)C. The van der Waals surface area contributed by atoms with Crippen LogP contribution < -0.4 is 21.3 Å². The molecule has 0 saturated heterocycles. The molecular formula is C50H50N8O16. The van der Waals surface area contributed by atoms with Gasteiger partial charge in [0.2, 0.25) is 11.8 Å². The van der Waals surface area contributed by atoms with Crippen LogP contribution in [0.15, 0.2) is 130 Å². The monoisotopic (exact) mass is 1020 g/mol. The standard InChI is InChI=1S/C50H50N8O16/c1-27(2)43(53-47(61)41-21-19-39(73-41)33-17-15-31(55(65)66)25-37(33)57(69)70)49(63)51-35(23-29-11-7-5-8-12-29)45(59)46(60)36(24-30-13-9-6-10-14-30)52-50(64)44(28(3)4)54-48(62)42-22-20-40(74-42)34-18-16-32(56(67)68)26-38(34)58(71)72/h5-22,25-28,35-36,43-46,59-60H,23-24H2,1-4H3,(H,51,63)(H,52,64)(H,53,61)(H,54,62)/t35-,36-,43-,44-,45+,46+/m0/s1. The van der Waals surface area contributed by atoms with Crippen molar-refractivity contribution in [2.75, 3.05) is 0 Å². The largest absolute Gasteiger partial charge is 0.451 e. The fraction of sp³-hybridized carbons (Fsp3) is 0.280. The maximum atomic E-state index is 14.3. The van der Waals surface area contributed by atoms with Crippen LogP contribution in [-0.2, 0) is 22.4 Å². The third-order valence-electron chi connectivity index (χ3n) is 11.9. The van der Waals surface area contributed by atoms with Crippen molar-refractivity contribution in [2.24, 2.45) is 11.8 Å². The number of hydrogen-bond donors (Lipinski definition) is 6. The number of rotatable bonds is 23. The Labute approximate surface area is 420 Å². The number of nitro benzene ring substituents is 4. The predicted octanol–water partition coefficient (Wildman–Crippen LogP) is 6.23. The van der Waals surface area contributed by atoms with Crippen LogP contribution in [-0.4, -0.2) is 89.9 Å². The number of non-ortho nitro benzene ring substituents is 2. The van der Waals surface area contributed by atoms with Crippen molar-refractivity contribution in [3.05, 3.63) is 184 Å². The maximum absolute atomic E-state index is 14.3. The lowest BCUT2D eigenvalue weighted by Crippen LogP contribution is -2.61. The average molecular weight is 1020 g/mol. The molecule has 4 aromatic carbocycles. The normalized spacial score (nSPS) is 13.7. The molecule has 0 radical (unpaired) electrons. The highest BCUT2D eigenvalue weighted by Crippen LogP contribution is 2.36. The van der Waals surface area contributed by atoms with Gasteiger partial charge in [0.05, 0.1) is 55.0 Å². The number of benzene rings is 4. The Morgan fingerprint density at radius 2 is 0.838 bits per heavy atom. The van der Waals surface area contributed by atoms with Crippen molar-refractivity contribution in [1.29, 1.82) is 0 Å². The van der Waals surface area contributed by atoms with Gasteiger partial charge in [-0.3, -0.25) is 59.6 Å². The number of nitro groups is 4. The minimum absolute atomic E-state index is 0.0655. The van der Waals surface area contributed by atoms with Gasteiger partial charge in [-0.15, -0.1) is 0 Å². The van der Waals surface area contributed by atoms with E-state index in [0.717, 1.165) is 36.4 Å². The zero-order valence-electron chi connectivity index (χ0n) is 40.0. The maximum Gasteiger partial charge on any atom is 0.287 e. The minimum Gasteiger partial charge on any atom is -0.451 e. The molecular weight excluding hydrogens is 969 g/mol. The van der Waals surface area contributed by atoms with Gasteiger partial charge in [-0.2, -0.15) is 0 Å². The van der Waals surface area contributed by atoms with Gasteiger partial charge in [0.15, 0.2) is 11.5 Å². The second kappa shape index (κ2) is 23.8. The molecule has 386 valence electrons. The first-order valence-electron chi connectivity index (χ1n) is 22.9. The summed E-state index contributed by atoms with van der Waals surface area (Å²) in [6.45, 7) is 6.50. The van der Waals surface area contributed by atoms with Gasteiger partial charge in [-0.25, -0.2) is 0 Å². The van der Waals surface area contributed by atoms with Crippen molar-refractivity contribution in [2.45, 2.75) is 76.9 Å². The lowest BCUT2D eigenvalue weighted by Gasteiger charge is -2.35. The molecule has 0 aliphatic heterocycles. The molecule has 2 aromatic heterocycles. The highest BCUT2D eigenvalue weighted by atomic mass is 16.6. The smallest absolute Gasteiger partial charge is 0.287 e. The van der Waals surface area contributed by atoms with Crippen LogP contribution in [0.25, 0.3) is 22.6 Å². The van der Waals surface area contributed by atoms with Crippen LogP contribution in [0.4, 0.5) is 22.7 Å². The fourth-order valence-corrected chi connectivity index (χ4v) is 7.96. The van der Waals surface area contributed by atoms with Crippen LogP contribution in [0.2, 0.25) is 0 Å². The number of aliphatic hydroxyl groups excluding tert-OH is 2. The van der Waals surface area contributed by atoms with Crippen LogP contribution in [0.3, 0.4) is 0 Å². The minimum atomic E-state index is -1.82. The third kappa shape index (κ3) is 13.2. The van der Waals surface area contributed by atoms with Gasteiger partial charge in [0.1, 0.15) is 35.8 Å². The van der Waals surface area contributed by atoms with Crippen LogP contribution in [0.1, 0.15) is 59.9 Å². The molecule has 24 nitrogen and oxygen atoms in total. The Hall–Kier alpha value is -9.16. The first-order chi connectivity index (χ1) is 35.1. The molecule has 4 amide bonds. The van der Waals surface area contributed by atoms with E-state index in [-0.39, 0.29) is 47.0 Å². The van der Waals surface area contributed by atoms with Gasteiger partial charge in [0, 0.05) is 12.1 Å². The molecule has 6 aromatic rings. The van der Waals surface area contributed by atoms with Gasteiger partial charge >= 0.3 is 0 Å². The van der Waals surface area contributed by atoms with E-state index in [1.165, 1.54) is 24.3 Å². The predicted molar refractivity (Wildman–Crippen MR) is 263 cm³/mol. The van der Waals surface area contributed by atoms with E-state index in [0.29, 0.717) is 11.1 Å². The van der Waals surface area contributed by atoms with E-state index in [1.807, 2.05) is 0 Å². The van der Waals surface area contributed by atoms with Crippen molar-refractivity contribution in [3.63, 3.8) is 0 Å². The van der Waals surface area contributed by atoms with E-state index < -0.39 is 114 Å². The first kappa shape index (κ1) is 54.2. The van der Waals surface area contributed by atoms with Gasteiger partial charge < -0.3 is 40.3 Å². The fourth-order valence-electron chi connectivity index (χ4n) is 7.96. The highest BCUT2D eigenvalue weighted by molar-refractivity contribution is 5.97. The Morgan fingerprint density at radius 1 is 0.486 bits per heavy atom. The Bertz CT molecular complexity index is 2850. The number of carbonyl (C=O) groups is 4. The van der Waals surface area contributed by atoms with Crippen LogP contribution in [0, 0.1) is 52.3 Å². The summed E-state index contributed by atoms with van der Waals surface area (Å²) < 4.78 is 11.3. The number of nitrogens with zero attached hydrogens (tertiary/aromatic N) is 4. The summed E-state index contributed by atoms with van der Waals surface area (Å²) in [4.78, 5) is 98.6. The molecule has 0 unspecified atom stereocenters. The summed E-state index contributed by atoms with van der Waals surface area (Å²) >= 11 is 0. The zero-order valence-corrected chi connectivity index (χ0v) is 40.0. The first-order valence-corrected chi connectivity index (χ1v) is 22.9. The lowest BCUT2D eigenvalue weighted by atomic mass is 9.90. The number of furan rings is 2. The van der Waals surface area contributed by atoms with Crippen LogP contribution >= 0.6 is 0 Å². The van der Waals surface area contributed by atoms with Crippen molar-refractivity contribution < 1.29 is 57.9 Å². The van der Waals surface area contributed by atoms with Crippen LogP contribution in [0.5, 0.6) is 0 Å². The van der Waals surface area contributed by atoms with E-state index in [1.54, 1.807) is 88.4 Å². The molecule has 0 aliphatic carbocycles. The lowest BCUT2D eigenvalue weighted by molar-refractivity contribution is -0.394. The topological polar surface area (TPSA) is 356 Å². The summed E-state index contributed by atoms with van der Waals surface area (Å²) in [7, 11) is 0. The Morgan fingerprint density at radius 3 is 1.15 bits per heavy atom. The summed E-state index contributed by atoms with van der Waals surface area (Å²) in [5.41, 5.74) is -1.44. The second-order valence-electron chi connectivity index (χ2n) is 17.7. The quantitative estimate of drug-likeness (QED) is 0.0306. The summed E-state index contributed by atoms with van der Waals surface area (Å²) in [5.74, 6) is -5.67. The molecule has 0 aliphatic rings. The number of aliphatic hydroxyl groups is 2. The molecule has 2 heterocycles. The zero-order chi connectivity index (χ0) is 54.0. The Kier molecular flexibility index (Phi) is 17.5. The molecule has 74 heavy (non-hydrogen) atoms. The average Bonchev–Trinajstić information content (AvgIpc) is 4.08. The summed E-state index contributed by atoms with van der Waals surface area (Å²) in [5, 5.41) is 81.1. The van der Waals surface area contributed by atoms with Crippen molar-refractivity contribution >= 4 is 46.4 Å². The highest BCUT2D eigenvalue weighted by Gasteiger charge is 2.38. The van der Waals surface area contributed by atoms with Crippen molar-refractivity contribution in [3.8, 4) is 22.6 Å². The van der Waals surface area contributed by atoms with Gasteiger partial charge in [-0.1, -0.05) is 88.4 Å². The third-order valence-corrected chi connectivity index (χ3v) is 11.9. The van der Waals surface area contributed by atoms with Crippen molar-refractivity contribution in [1.82, 2.24) is 21.3 Å². The number of amides is 4. The second-order valence-corrected chi connectivity index (χ2v) is 17.7. The number of hydrogen-bond acceptors (Lipinski definition) is 16. The molecule has 0 spiro atoms. The Balaban J connectivity index is 1.22. The van der Waals surface area contributed by atoms with E-state index in [9.17, 15) is 69.8 Å². The molecule has 6 atom stereocenters. The molecule has 24 heteroatoms. The van der Waals surface area contributed by atoms with Gasteiger partial charge in [-0.05, 0) is 72.2 Å². The summed E-state index contributed by atoms with van der Waals surface area (Å²) in [6.07, 6.45) is -3.77. The molecule has 6 rings (SSSR count). The van der Waals surface area contributed by atoms with E-state index in [4.69, 9.17) is 8.83 Å². The van der Waals surface area contributed by atoms with Gasteiger partial charge in [0.25, 0.3) is 34.6 Å². The van der Waals surface area contributed by atoms with E-state index in [2.05, 4.69) is 21.3 Å². The molecule has 0 fully saturated rings.